The van der Waals surface area contributed by atoms with E-state index in [0.717, 1.165) is 6.42 Å². The maximum absolute atomic E-state index is 2.28. The van der Waals surface area contributed by atoms with Crippen molar-refractivity contribution in [3.63, 3.8) is 0 Å². The van der Waals surface area contributed by atoms with Gasteiger partial charge in [-0.2, -0.15) is 0 Å². The van der Waals surface area contributed by atoms with E-state index in [0.29, 0.717) is 5.92 Å². The van der Waals surface area contributed by atoms with Crippen LogP contribution in [-0.2, 0) is 6.42 Å². The van der Waals surface area contributed by atoms with Gasteiger partial charge in [0.1, 0.15) is 0 Å². The summed E-state index contributed by atoms with van der Waals surface area (Å²) < 4.78 is 0. The minimum atomic E-state index is 0.591. The zero-order chi connectivity index (χ0) is 15.2. The van der Waals surface area contributed by atoms with Gasteiger partial charge in [-0.3, -0.25) is 0 Å². The first-order valence-corrected chi connectivity index (χ1v) is 7.86. The van der Waals surface area contributed by atoms with Crippen LogP contribution in [0.1, 0.15) is 58.1 Å². The molecule has 0 aliphatic heterocycles. The number of hydrogen-bond acceptors (Lipinski definition) is 0. The molecule has 20 heavy (non-hydrogen) atoms. The standard InChI is InChI=1S/C15H16.C3H8.C2H6/c1-13(15-10-6-3-7-11-15)12-14-8-4-2-5-9-14;1-3-2;1-2/h2-11,13H,12H2,1H3;3H2,1-2H3;1-2H3. The van der Waals surface area contributed by atoms with Gasteiger partial charge in [0.2, 0.25) is 0 Å². The summed E-state index contributed by atoms with van der Waals surface area (Å²) in [5.74, 6) is 0.591. The van der Waals surface area contributed by atoms with E-state index >= 15 is 0 Å². The van der Waals surface area contributed by atoms with Crippen molar-refractivity contribution in [1.29, 1.82) is 0 Å². The molecule has 2 aromatic carbocycles. The summed E-state index contributed by atoms with van der Waals surface area (Å²) in [6.07, 6.45) is 2.37. The molecule has 0 nitrogen and oxygen atoms in total. The van der Waals surface area contributed by atoms with E-state index in [1.54, 1.807) is 0 Å². The Balaban J connectivity index is 0.000000641. The van der Waals surface area contributed by atoms with Gasteiger partial charge in [-0.15, -0.1) is 0 Å². The van der Waals surface area contributed by atoms with E-state index < -0.39 is 0 Å². The predicted molar refractivity (Wildman–Crippen MR) is 92.3 cm³/mol. The molecular weight excluding hydrogens is 240 g/mol. The maximum atomic E-state index is 2.28. The summed E-state index contributed by atoms with van der Waals surface area (Å²) in [5, 5.41) is 0. The molecule has 2 aromatic rings. The molecule has 0 spiro atoms. The molecule has 0 bridgehead atoms. The van der Waals surface area contributed by atoms with Crippen molar-refractivity contribution < 1.29 is 0 Å². The van der Waals surface area contributed by atoms with Crippen molar-refractivity contribution in [3.05, 3.63) is 71.8 Å². The zero-order valence-corrected chi connectivity index (χ0v) is 13.8. The average Bonchev–Trinajstić information content (AvgIpc) is 2.52. The van der Waals surface area contributed by atoms with Crippen LogP contribution >= 0.6 is 0 Å². The smallest absolute Gasteiger partial charge is 0.0150 e. The summed E-state index contributed by atoms with van der Waals surface area (Å²) in [4.78, 5) is 0. The lowest BCUT2D eigenvalue weighted by atomic mass is 9.94. The molecule has 0 heteroatoms. The molecule has 110 valence electrons. The third-order valence-electron chi connectivity index (χ3n) is 2.75. The summed E-state index contributed by atoms with van der Waals surface area (Å²) in [5.41, 5.74) is 2.83. The summed E-state index contributed by atoms with van der Waals surface area (Å²) in [6, 6.07) is 21.4. The van der Waals surface area contributed by atoms with Gasteiger partial charge >= 0.3 is 0 Å². The normalized spacial score (nSPS) is 10.4. The van der Waals surface area contributed by atoms with E-state index in [9.17, 15) is 0 Å². The van der Waals surface area contributed by atoms with Crippen LogP contribution in [0.15, 0.2) is 60.7 Å². The van der Waals surface area contributed by atoms with Gasteiger partial charge in [0.05, 0.1) is 0 Å². The van der Waals surface area contributed by atoms with Crippen LogP contribution in [0.25, 0.3) is 0 Å². The Morgan fingerprint density at radius 1 is 0.750 bits per heavy atom. The van der Waals surface area contributed by atoms with Crippen molar-refractivity contribution in [2.45, 2.75) is 53.4 Å². The van der Waals surface area contributed by atoms with E-state index in [2.05, 4.69) is 81.4 Å². The fraction of sp³-hybridized carbons (Fsp3) is 0.400. The highest BCUT2D eigenvalue weighted by atomic mass is 14.1. The highest BCUT2D eigenvalue weighted by Gasteiger charge is 2.04. The van der Waals surface area contributed by atoms with Crippen molar-refractivity contribution in [3.8, 4) is 0 Å². The molecule has 0 fully saturated rings. The Morgan fingerprint density at radius 2 is 1.15 bits per heavy atom. The third-order valence-corrected chi connectivity index (χ3v) is 2.75. The molecule has 1 atom stereocenters. The second kappa shape index (κ2) is 12.5. The molecule has 0 saturated carbocycles. The van der Waals surface area contributed by atoms with Crippen molar-refractivity contribution in [1.82, 2.24) is 0 Å². The van der Waals surface area contributed by atoms with Crippen LogP contribution in [0.4, 0.5) is 0 Å². The Labute approximate surface area is 125 Å². The molecule has 0 amide bonds. The molecule has 0 aliphatic rings. The second-order valence-electron chi connectivity index (χ2n) is 4.71. The quantitative estimate of drug-likeness (QED) is 0.599. The largest absolute Gasteiger partial charge is 0.0683 e. The van der Waals surface area contributed by atoms with Gasteiger partial charge in [0, 0.05) is 0 Å². The van der Waals surface area contributed by atoms with Crippen LogP contribution in [0.5, 0.6) is 0 Å². The van der Waals surface area contributed by atoms with Gasteiger partial charge in [0.15, 0.2) is 0 Å². The van der Waals surface area contributed by atoms with Crippen LogP contribution in [-0.4, -0.2) is 0 Å². The highest BCUT2D eigenvalue weighted by molar-refractivity contribution is 5.23. The minimum Gasteiger partial charge on any atom is -0.0683 e. The van der Waals surface area contributed by atoms with Gasteiger partial charge < -0.3 is 0 Å². The first-order valence-electron chi connectivity index (χ1n) is 7.86. The molecule has 0 heterocycles. The lowest BCUT2D eigenvalue weighted by molar-refractivity contribution is 0.759. The molecule has 0 aromatic heterocycles. The van der Waals surface area contributed by atoms with Crippen molar-refractivity contribution in [2.75, 3.05) is 0 Å². The van der Waals surface area contributed by atoms with Crippen LogP contribution in [0.3, 0.4) is 0 Å². The van der Waals surface area contributed by atoms with Gasteiger partial charge in [0.25, 0.3) is 0 Å². The van der Waals surface area contributed by atoms with Crippen LogP contribution < -0.4 is 0 Å². The average molecular weight is 270 g/mol. The fourth-order valence-corrected chi connectivity index (χ4v) is 1.87. The molecule has 0 radical (unpaired) electrons. The molecule has 0 aliphatic carbocycles. The van der Waals surface area contributed by atoms with E-state index in [1.165, 1.54) is 17.5 Å². The zero-order valence-electron chi connectivity index (χ0n) is 13.8. The SMILES string of the molecule is CC.CC(Cc1ccccc1)c1ccccc1.CCC. The molecule has 1 unspecified atom stereocenters. The van der Waals surface area contributed by atoms with Gasteiger partial charge in [-0.1, -0.05) is 102 Å². The Kier molecular flexibility index (Phi) is 11.5. The monoisotopic (exact) mass is 270 g/mol. The molecule has 0 saturated heterocycles. The third kappa shape index (κ3) is 7.78. The lowest BCUT2D eigenvalue weighted by Crippen LogP contribution is -1.97. The lowest BCUT2D eigenvalue weighted by Gasteiger charge is -2.11. The highest BCUT2D eigenvalue weighted by Crippen LogP contribution is 2.19. The summed E-state index contributed by atoms with van der Waals surface area (Å²) in [6.45, 7) is 10.5. The summed E-state index contributed by atoms with van der Waals surface area (Å²) >= 11 is 0. The second-order valence-corrected chi connectivity index (χ2v) is 4.71. The first-order chi connectivity index (χ1) is 9.77. The van der Waals surface area contributed by atoms with Crippen molar-refractivity contribution in [2.24, 2.45) is 0 Å². The van der Waals surface area contributed by atoms with Gasteiger partial charge in [-0.25, -0.2) is 0 Å². The van der Waals surface area contributed by atoms with Crippen LogP contribution in [0.2, 0.25) is 0 Å². The Hall–Kier alpha value is -1.56. The molecule has 0 N–H and O–H groups in total. The number of hydrogen-bond donors (Lipinski definition) is 0. The Bertz CT molecular complexity index is 403. The van der Waals surface area contributed by atoms with Crippen LogP contribution in [0, 0.1) is 0 Å². The Morgan fingerprint density at radius 3 is 1.60 bits per heavy atom. The topological polar surface area (TPSA) is 0 Å². The minimum absolute atomic E-state index is 0.591. The molecule has 2 rings (SSSR count). The van der Waals surface area contributed by atoms with E-state index in [4.69, 9.17) is 0 Å². The first kappa shape index (κ1) is 18.4. The summed E-state index contributed by atoms with van der Waals surface area (Å²) in [7, 11) is 0. The van der Waals surface area contributed by atoms with E-state index in [-0.39, 0.29) is 0 Å². The number of benzene rings is 2. The van der Waals surface area contributed by atoms with E-state index in [1.807, 2.05) is 13.8 Å². The number of rotatable bonds is 3. The fourth-order valence-electron chi connectivity index (χ4n) is 1.87. The predicted octanol–water partition coefficient (Wildman–Crippen LogP) is 6.48. The van der Waals surface area contributed by atoms with Gasteiger partial charge in [-0.05, 0) is 23.5 Å². The maximum Gasteiger partial charge on any atom is -0.0150 e. The van der Waals surface area contributed by atoms with Crippen molar-refractivity contribution >= 4 is 0 Å². The molecular formula is C20H30.